The van der Waals surface area contributed by atoms with E-state index < -0.39 is 0 Å². The van der Waals surface area contributed by atoms with Gasteiger partial charge in [-0.1, -0.05) is 12.1 Å². The van der Waals surface area contributed by atoms with Crippen molar-refractivity contribution in [1.82, 2.24) is 19.9 Å². The molecule has 3 heterocycles. The smallest absolute Gasteiger partial charge is 0.126 e. The SMILES string of the molecule is Cc1cnc([C@H]2COCCN2Cc2ccc3ncccc3c2)[nH]1. The van der Waals surface area contributed by atoms with Gasteiger partial charge in [-0.05, 0) is 30.7 Å². The Morgan fingerprint density at radius 1 is 1.30 bits per heavy atom. The standard InChI is InChI=1S/C18H20N4O/c1-13-10-20-18(21-13)17-12-23-8-7-22(17)11-14-4-5-16-15(9-14)3-2-6-19-16/h2-6,9-10,17H,7-8,11-12H2,1H3,(H,20,21)/t17-/m1/s1. The fourth-order valence-corrected chi connectivity index (χ4v) is 3.14. The molecule has 0 spiro atoms. The molecule has 1 saturated heterocycles. The fourth-order valence-electron chi connectivity index (χ4n) is 3.14. The molecule has 1 aliphatic heterocycles. The van der Waals surface area contributed by atoms with Crippen LogP contribution in [0, 0.1) is 6.92 Å². The second-order valence-corrected chi connectivity index (χ2v) is 6.04. The number of hydrogen-bond acceptors (Lipinski definition) is 4. The third-order valence-corrected chi connectivity index (χ3v) is 4.33. The molecule has 1 N–H and O–H groups in total. The highest BCUT2D eigenvalue weighted by molar-refractivity contribution is 5.78. The van der Waals surface area contributed by atoms with Crippen LogP contribution in [-0.4, -0.2) is 39.6 Å². The van der Waals surface area contributed by atoms with E-state index in [9.17, 15) is 0 Å². The number of rotatable bonds is 3. The summed E-state index contributed by atoms with van der Waals surface area (Å²) in [6.07, 6.45) is 3.71. The molecule has 3 aromatic rings. The number of aryl methyl sites for hydroxylation is 1. The van der Waals surface area contributed by atoms with Gasteiger partial charge in [0.1, 0.15) is 5.82 Å². The number of imidazole rings is 1. The number of morpholine rings is 1. The van der Waals surface area contributed by atoms with Crippen LogP contribution < -0.4 is 0 Å². The number of H-pyrrole nitrogens is 1. The highest BCUT2D eigenvalue weighted by Gasteiger charge is 2.26. The summed E-state index contributed by atoms with van der Waals surface area (Å²) in [6.45, 7) is 5.28. The summed E-state index contributed by atoms with van der Waals surface area (Å²) in [5.74, 6) is 0.990. The number of aromatic amines is 1. The van der Waals surface area contributed by atoms with Gasteiger partial charge in [0.05, 0.1) is 24.8 Å². The summed E-state index contributed by atoms with van der Waals surface area (Å²) in [5.41, 5.74) is 3.42. The molecule has 23 heavy (non-hydrogen) atoms. The second-order valence-electron chi connectivity index (χ2n) is 6.04. The summed E-state index contributed by atoms with van der Waals surface area (Å²) in [5, 5.41) is 1.18. The van der Waals surface area contributed by atoms with Crippen LogP contribution in [0.2, 0.25) is 0 Å². The number of nitrogens with one attached hydrogen (secondary N) is 1. The zero-order valence-electron chi connectivity index (χ0n) is 13.2. The van der Waals surface area contributed by atoms with E-state index in [4.69, 9.17) is 4.74 Å². The lowest BCUT2D eigenvalue weighted by molar-refractivity contribution is -0.0156. The molecule has 5 nitrogen and oxygen atoms in total. The van der Waals surface area contributed by atoms with E-state index in [0.717, 1.165) is 36.7 Å². The van der Waals surface area contributed by atoms with Crippen molar-refractivity contribution in [2.24, 2.45) is 0 Å². The van der Waals surface area contributed by atoms with Gasteiger partial charge in [-0.3, -0.25) is 9.88 Å². The third-order valence-electron chi connectivity index (χ3n) is 4.33. The maximum Gasteiger partial charge on any atom is 0.126 e. The lowest BCUT2D eigenvalue weighted by Crippen LogP contribution is -2.39. The molecule has 1 aromatic carbocycles. The Hall–Kier alpha value is -2.24. The molecule has 0 aliphatic carbocycles. The van der Waals surface area contributed by atoms with Gasteiger partial charge in [0.2, 0.25) is 0 Å². The third kappa shape index (κ3) is 2.98. The largest absolute Gasteiger partial charge is 0.378 e. The molecule has 1 aliphatic rings. The number of fused-ring (bicyclic) bond motifs is 1. The number of ether oxygens (including phenoxy) is 1. The Bertz CT molecular complexity index is 813. The highest BCUT2D eigenvalue weighted by atomic mass is 16.5. The van der Waals surface area contributed by atoms with Gasteiger partial charge in [-0.2, -0.15) is 0 Å². The summed E-state index contributed by atoms with van der Waals surface area (Å²) < 4.78 is 5.67. The van der Waals surface area contributed by atoms with Crippen LogP contribution in [0.3, 0.4) is 0 Å². The molecule has 1 fully saturated rings. The van der Waals surface area contributed by atoms with Crippen LogP contribution in [-0.2, 0) is 11.3 Å². The molecule has 4 rings (SSSR count). The van der Waals surface area contributed by atoms with Gasteiger partial charge >= 0.3 is 0 Å². The molecule has 1 atom stereocenters. The molecule has 0 bridgehead atoms. The minimum atomic E-state index is 0.182. The minimum Gasteiger partial charge on any atom is -0.378 e. The van der Waals surface area contributed by atoms with E-state index in [-0.39, 0.29) is 6.04 Å². The van der Waals surface area contributed by atoms with Crippen LogP contribution in [0.5, 0.6) is 0 Å². The second kappa shape index (κ2) is 6.10. The first-order chi connectivity index (χ1) is 11.3. The van der Waals surface area contributed by atoms with Gasteiger partial charge in [0, 0.05) is 36.6 Å². The lowest BCUT2D eigenvalue weighted by atomic mass is 10.1. The Balaban J connectivity index is 1.59. The van der Waals surface area contributed by atoms with Crippen LogP contribution in [0.25, 0.3) is 10.9 Å². The molecule has 0 amide bonds. The summed E-state index contributed by atoms with van der Waals surface area (Å²) >= 11 is 0. The van der Waals surface area contributed by atoms with Gasteiger partial charge in [-0.15, -0.1) is 0 Å². The number of hydrogen-bond donors (Lipinski definition) is 1. The topological polar surface area (TPSA) is 54.0 Å². The van der Waals surface area contributed by atoms with Gasteiger partial charge < -0.3 is 9.72 Å². The average Bonchev–Trinajstić information content (AvgIpc) is 3.01. The van der Waals surface area contributed by atoms with Crippen LogP contribution in [0.4, 0.5) is 0 Å². The first kappa shape index (κ1) is 14.4. The molecule has 2 aromatic heterocycles. The maximum absolute atomic E-state index is 5.67. The molecule has 118 valence electrons. The van der Waals surface area contributed by atoms with E-state index in [1.165, 1.54) is 10.9 Å². The lowest BCUT2D eigenvalue weighted by Gasteiger charge is -2.34. The van der Waals surface area contributed by atoms with E-state index in [2.05, 4.69) is 44.1 Å². The predicted octanol–water partition coefficient (Wildman–Crippen LogP) is 2.84. The summed E-state index contributed by atoms with van der Waals surface area (Å²) in [4.78, 5) is 14.7. The number of nitrogens with zero attached hydrogens (tertiary/aromatic N) is 3. The van der Waals surface area contributed by atoms with Crippen LogP contribution >= 0.6 is 0 Å². The molecular formula is C18H20N4O. The summed E-state index contributed by atoms with van der Waals surface area (Å²) in [7, 11) is 0. The van der Waals surface area contributed by atoms with Crippen molar-refractivity contribution in [3.05, 3.63) is 59.8 Å². The van der Waals surface area contributed by atoms with Crippen molar-refractivity contribution in [3.63, 3.8) is 0 Å². The molecule has 5 heteroatoms. The first-order valence-electron chi connectivity index (χ1n) is 7.96. The van der Waals surface area contributed by atoms with Gasteiger partial charge in [0.15, 0.2) is 0 Å². The van der Waals surface area contributed by atoms with E-state index in [1.54, 1.807) is 0 Å². The zero-order valence-corrected chi connectivity index (χ0v) is 13.2. The number of aromatic nitrogens is 3. The van der Waals surface area contributed by atoms with E-state index >= 15 is 0 Å². The van der Waals surface area contributed by atoms with Crippen LogP contribution in [0.1, 0.15) is 23.1 Å². The quantitative estimate of drug-likeness (QED) is 0.808. The van der Waals surface area contributed by atoms with Crippen molar-refractivity contribution >= 4 is 10.9 Å². The normalized spacial score (nSPS) is 19.3. The maximum atomic E-state index is 5.67. The number of pyridine rings is 1. The predicted molar refractivity (Wildman–Crippen MR) is 89.0 cm³/mol. The summed E-state index contributed by atoms with van der Waals surface area (Å²) in [6, 6.07) is 10.8. The number of benzene rings is 1. The van der Waals surface area contributed by atoms with E-state index in [0.29, 0.717) is 6.61 Å². The van der Waals surface area contributed by atoms with Crippen molar-refractivity contribution in [2.75, 3.05) is 19.8 Å². The van der Waals surface area contributed by atoms with Crippen molar-refractivity contribution < 1.29 is 4.74 Å². The molecular weight excluding hydrogens is 288 g/mol. The fraction of sp³-hybridized carbons (Fsp3) is 0.333. The van der Waals surface area contributed by atoms with E-state index in [1.807, 2.05) is 25.4 Å². The molecule has 0 saturated carbocycles. The van der Waals surface area contributed by atoms with Crippen molar-refractivity contribution in [1.29, 1.82) is 0 Å². The van der Waals surface area contributed by atoms with Gasteiger partial charge in [-0.25, -0.2) is 4.98 Å². The molecule has 0 radical (unpaired) electrons. The van der Waals surface area contributed by atoms with Crippen molar-refractivity contribution in [3.8, 4) is 0 Å². The highest BCUT2D eigenvalue weighted by Crippen LogP contribution is 2.25. The monoisotopic (exact) mass is 308 g/mol. The van der Waals surface area contributed by atoms with Crippen molar-refractivity contribution in [2.45, 2.75) is 19.5 Å². The first-order valence-corrected chi connectivity index (χ1v) is 7.96. The zero-order chi connectivity index (χ0) is 15.6. The minimum absolute atomic E-state index is 0.182. The van der Waals surface area contributed by atoms with Crippen LogP contribution in [0.15, 0.2) is 42.7 Å². The Morgan fingerprint density at radius 2 is 2.26 bits per heavy atom. The Kier molecular flexibility index (Phi) is 3.81. The Morgan fingerprint density at radius 3 is 3.13 bits per heavy atom. The molecule has 0 unspecified atom stereocenters. The van der Waals surface area contributed by atoms with Gasteiger partial charge in [0.25, 0.3) is 0 Å². The Labute approximate surface area is 135 Å². The average molecular weight is 308 g/mol.